The number of aliphatic hydroxyl groups excluding tert-OH is 2. The summed E-state index contributed by atoms with van der Waals surface area (Å²) in [4.78, 5) is 13.4. The number of aliphatic hydroxyl groups is 2. The van der Waals surface area contributed by atoms with Crippen molar-refractivity contribution in [1.29, 1.82) is 0 Å². The van der Waals surface area contributed by atoms with Crippen molar-refractivity contribution in [1.82, 2.24) is 0 Å². The zero-order valence-corrected chi connectivity index (χ0v) is 23.8. The molecule has 0 aromatic heterocycles. The van der Waals surface area contributed by atoms with Crippen LogP contribution >= 0.6 is 0 Å². The number of esters is 1. The molecule has 7 rings (SSSR count). The minimum absolute atomic E-state index is 0.0304. The van der Waals surface area contributed by atoms with E-state index in [-0.39, 0.29) is 37.3 Å². The van der Waals surface area contributed by atoms with Crippen LogP contribution in [-0.2, 0) is 28.5 Å². The molecule has 4 aliphatic heterocycles. The number of phenolic OH excluding ortho intramolecular Hbond substituents is 1. The van der Waals surface area contributed by atoms with E-state index in [1.54, 1.807) is 18.2 Å². The second kappa shape index (κ2) is 11.0. The third kappa shape index (κ3) is 4.57. The van der Waals surface area contributed by atoms with Gasteiger partial charge in [-0.3, -0.25) is 4.79 Å². The van der Waals surface area contributed by atoms with E-state index in [0.717, 1.165) is 0 Å². The van der Waals surface area contributed by atoms with Crippen LogP contribution in [0, 0.1) is 11.8 Å². The first-order valence-corrected chi connectivity index (χ1v) is 14.3. The Bertz CT molecular complexity index is 1370. The number of methoxy groups -OCH3 is 2. The smallest absolute Gasteiger partial charge is 0.310 e. The third-order valence-electron chi connectivity index (χ3n) is 8.99. The molecule has 3 saturated heterocycles. The van der Waals surface area contributed by atoms with Crippen molar-refractivity contribution in [2.24, 2.45) is 11.8 Å². The van der Waals surface area contributed by atoms with E-state index < -0.39 is 66.8 Å². The fraction of sp³-hybridized carbons (Fsp3) is 0.567. The monoisotopic (exact) mass is 602 g/mol. The van der Waals surface area contributed by atoms with Crippen molar-refractivity contribution in [3.63, 3.8) is 0 Å². The number of fused-ring (bicyclic) bond motifs is 4. The predicted octanol–water partition coefficient (Wildman–Crippen LogP) is 1.73. The van der Waals surface area contributed by atoms with Crippen molar-refractivity contribution >= 4 is 5.97 Å². The predicted molar refractivity (Wildman–Crippen MR) is 143 cm³/mol. The average molecular weight is 603 g/mol. The van der Waals surface area contributed by atoms with Crippen LogP contribution in [0.15, 0.2) is 24.3 Å². The minimum Gasteiger partial charge on any atom is -0.502 e. The zero-order chi connectivity index (χ0) is 30.0. The molecule has 4 heterocycles. The van der Waals surface area contributed by atoms with E-state index in [4.69, 9.17) is 42.6 Å². The molecule has 13 nitrogen and oxygen atoms in total. The Hall–Kier alpha value is -3.33. The molecule has 0 saturated carbocycles. The summed E-state index contributed by atoms with van der Waals surface area (Å²) in [7, 11) is 2.86. The van der Waals surface area contributed by atoms with Gasteiger partial charge >= 0.3 is 5.97 Å². The molecule has 0 spiro atoms. The summed E-state index contributed by atoms with van der Waals surface area (Å²) in [5, 5.41) is 32.7. The van der Waals surface area contributed by atoms with Crippen LogP contribution < -0.4 is 18.9 Å². The lowest BCUT2D eigenvalue weighted by molar-refractivity contribution is -0.367. The van der Waals surface area contributed by atoms with E-state index in [0.29, 0.717) is 34.6 Å². The molecule has 13 heteroatoms. The SMILES string of the molecule is CC[C@@H]1OC[C@H]2O[C@@H](OC3c4cc5c(cc4[C@@H](c4cc(OC)c(O)c(OC)c4)[C@H]4C(=O)OC[C@H]34)OCO5)[C@H](O)[C@@H](O)[C@@H]2O1. The summed E-state index contributed by atoms with van der Waals surface area (Å²) in [6.07, 6.45) is -6.16. The van der Waals surface area contributed by atoms with E-state index in [1.807, 2.05) is 13.0 Å². The Labute approximate surface area is 247 Å². The van der Waals surface area contributed by atoms with Gasteiger partial charge in [0, 0.05) is 11.8 Å². The number of rotatable bonds is 6. The van der Waals surface area contributed by atoms with E-state index in [2.05, 4.69) is 0 Å². The number of benzene rings is 2. The normalized spacial score (nSPS) is 35.9. The highest BCUT2D eigenvalue weighted by molar-refractivity contribution is 5.79. The summed E-state index contributed by atoms with van der Waals surface area (Å²) in [5.41, 5.74) is 2.02. The molecule has 10 atom stereocenters. The van der Waals surface area contributed by atoms with Gasteiger partial charge in [0.2, 0.25) is 12.5 Å². The molecular formula is C30H34O13. The Kier molecular flexibility index (Phi) is 7.27. The Morgan fingerprint density at radius 1 is 0.907 bits per heavy atom. The molecular weight excluding hydrogens is 568 g/mol. The first-order valence-electron chi connectivity index (χ1n) is 14.3. The van der Waals surface area contributed by atoms with Crippen molar-refractivity contribution in [2.45, 2.75) is 62.4 Å². The van der Waals surface area contributed by atoms with Crippen LogP contribution in [0.5, 0.6) is 28.7 Å². The number of cyclic esters (lactones) is 1. The lowest BCUT2D eigenvalue weighted by Gasteiger charge is -2.48. The van der Waals surface area contributed by atoms with Gasteiger partial charge in [0.1, 0.15) is 24.4 Å². The molecule has 232 valence electrons. The number of carbonyl (C=O) groups is 1. The van der Waals surface area contributed by atoms with Gasteiger partial charge in [0.25, 0.3) is 0 Å². The second-order valence-electron chi connectivity index (χ2n) is 11.3. The van der Waals surface area contributed by atoms with Crippen LogP contribution in [0.1, 0.15) is 42.1 Å². The second-order valence-corrected chi connectivity index (χ2v) is 11.3. The van der Waals surface area contributed by atoms with Gasteiger partial charge in [0.05, 0.1) is 39.5 Å². The summed E-state index contributed by atoms with van der Waals surface area (Å²) >= 11 is 0. The lowest BCUT2D eigenvalue weighted by Crippen LogP contribution is -2.63. The van der Waals surface area contributed by atoms with Crippen molar-refractivity contribution in [2.75, 3.05) is 34.2 Å². The Balaban J connectivity index is 1.30. The molecule has 2 aromatic rings. The Morgan fingerprint density at radius 2 is 1.60 bits per heavy atom. The van der Waals surface area contributed by atoms with Crippen LogP contribution in [-0.4, -0.2) is 92.5 Å². The van der Waals surface area contributed by atoms with Gasteiger partial charge in [-0.1, -0.05) is 6.92 Å². The number of phenols is 1. The van der Waals surface area contributed by atoms with Crippen molar-refractivity contribution in [3.05, 3.63) is 41.0 Å². The quantitative estimate of drug-likeness (QED) is 0.411. The summed E-state index contributed by atoms with van der Waals surface area (Å²) in [6, 6.07) is 6.94. The number of carbonyl (C=O) groups excluding carboxylic acids is 1. The first kappa shape index (κ1) is 28.4. The molecule has 0 radical (unpaired) electrons. The third-order valence-corrected chi connectivity index (χ3v) is 8.99. The van der Waals surface area contributed by atoms with Gasteiger partial charge in [-0.05, 0) is 47.4 Å². The van der Waals surface area contributed by atoms with E-state index >= 15 is 0 Å². The molecule has 3 N–H and O–H groups in total. The van der Waals surface area contributed by atoms with Gasteiger partial charge < -0.3 is 58.0 Å². The molecule has 1 unspecified atom stereocenters. The highest BCUT2D eigenvalue weighted by atomic mass is 16.8. The maximum absolute atomic E-state index is 13.4. The van der Waals surface area contributed by atoms with Crippen molar-refractivity contribution < 1.29 is 62.7 Å². The fourth-order valence-corrected chi connectivity index (χ4v) is 6.88. The summed E-state index contributed by atoms with van der Waals surface area (Å²) in [5.74, 6) is -1.02. The minimum atomic E-state index is -1.44. The molecule has 2 aromatic carbocycles. The lowest BCUT2D eigenvalue weighted by atomic mass is 9.66. The van der Waals surface area contributed by atoms with Gasteiger partial charge in [-0.15, -0.1) is 0 Å². The van der Waals surface area contributed by atoms with E-state index in [9.17, 15) is 20.1 Å². The molecule has 0 amide bonds. The number of aromatic hydroxyl groups is 1. The maximum Gasteiger partial charge on any atom is 0.310 e. The van der Waals surface area contributed by atoms with Crippen molar-refractivity contribution in [3.8, 4) is 28.7 Å². The summed E-state index contributed by atoms with van der Waals surface area (Å²) < 4.78 is 51.9. The molecule has 5 aliphatic rings. The van der Waals surface area contributed by atoms with Crippen LogP contribution in [0.2, 0.25) is 0 Å². The highest BCUT2D eigenvalue weighted by Crippen LogP contribution is 2.57. The maximum atomic E-state index is 13.4. The van der Waals surface area contributed by atoms with Crippen LogP contribution in [0.3, 0.4) is 0 Å². The highest BCUT2D eigenvalue weighted by Gasteiger charge is 2.56. The summed E-state index contributed by atoms with van der Waals surface area (Å²) in [6.45, 7) is 2.14. The first-order chi connectivity index (χ1) is 20.8. The molecule has 1 aliphatic carbocycles. The molecule has 43 heavy (non-hydrogen) atoms. The number of hydrogen-bond acceptors (Lipinski definition) is 13. The fourth-order valence-electron chi connectivity index (χ4n) is 6.88. The number of ether oxygens (including phenoxy) is 9. The number of hydrogen-bond donors (Lipinski definition) is 3. The topological polar surface area (TPSA) is 161 Å². The van der Waals surface area contributed by atoms with Gasteiger partial charge in [-0.2, -0.15) is 0 Å². The van der Waals surface area contributed by atoms with Gasteiger partial charge in [0.15, 0.2) is 35.6 Å². The average Bonchev–Trinajstić information content (AvgIpc) is 3.65. The standard InChI is InChI=1S/C30H34O13/c1-4-21-37-10-20-28(42-21)25(32)26(33)30(41-20)43-27-14-8-17-16(39-11-40-17)7-13(14)22(23-15(27)9-38-29(23)34)12-5-18(35-2)24(31)19(6-12)36-3/h5-8,15,20-23,25-28,30-33H,4,9-11H2,1-3H3/t15-,20+,21+,22+,23-,25+,26+,27?,28+,30-/m0/s1. The van der Waals surface area contributed by atoms with E-state index in [1.165, 1.54) is 14.2 Å². The van der Waals surface area contributed by atoms with Crippen LogP contribution in [0.25, 0.3) is 0 Å². The van der Waals surface area contributed by atoms with Crippen LogP contribution in [0.4, 0.5) is 0 Å². The van der Waals surface area contributed by atoms with Gasteiger partial charge in [-0.25, -0.2) is 0 Å². The zero-order valence-electron chi connectivity index (χ0n) is 23.8. The molecule has 3 fully saturated rings. The largest absolute Gasteiger partial charge is 0.502 e. The molecule has 0 bridgehead atoms. The Morgan fingerprint density at radius 3 is 2.28 bits per heavy atom.